The van der Waals surface area contributed by atoms with Crippen molar-refractivity contribution in [1.29, 1.82) is 0 Å². The Morgan fingerprint density at radius 2 is 1.21 bits per heavy atom. The van der Waals surface area contributed by atoms with Gasteiger partial charge in [0.2, 0.25) is 17.7 Å². The van der Waals surface area contributed by atoms with Crippen LogP contribution in [0.3, 0.4) is 0 Å². The second-order valence-corrected chi connectivity index (χ2v) is 8.98. The Hall–Kier alpha value is -3.70. The summed E-state index contributed by atoms with van der Waals surface area (Å²) in [5.74, 6) is -3.79. The number of nitrogens with two attached hydrogens (primary N) is 6. The van der Waals surface area contributed by atoms with Crippen LogP contribution in [0.1, 0.15) is 51.9 Å². The third-order valence-electron chi connectivity index (χ3n) is 5.51. The van der Waals surface area contributed by atoms with Gasteiger partial charge in [0, 0.05) is 13.1 Å². The van der Waals surface area contributed by atoms with Gasteiger partial charge in [0.05, 0.1) is 12.1 Å². The van der Waals surface area contributed by atoms with E-state index in [-0.39, 0.29) is 50.7 Å². The Morgan fingerprint density at radius 3 is 1.67 bits per heavy atom. The first-order valence-corrected chi connectivity index (χ1v) is 12.7. The zero-order valence-electron chi connectivity index (χ0n) is 22.3. The Kier molecular flexibility index (Phi) is 17.5. The number of aliphatic imine (C=N–C) groups is 2. The topological polar surface area (TPSA) is 326 Å². The number of nitrogens with zero attached hydrogens (tertiary/aromatic N) is 2. The van der Waals surface area contributed by atoms with Crippen LogP contribution in [0.5, 0.6) is 0 Å². The number of carbonyl (C=O) groups excluding carboxylic acids is 3. The van der Waals surface area contributed by atoms with Crippen LogP contribution in [0.25, 0.3) is 0 Å². The number of rotatable bonds is 20. The van der Waals surface area contributed by atoms with Gasteiger partial charge in [0.15, 0.2) is 18.0 Å². The number of nitrogens with one attached hydrogen (secondary N) is 3. The molecule has 17 N–H and O–H groups in total. The van der Waals surface area contributed by atoms with Crippen LogP contribution >= 0.6 is 0 Å². The van der Waals surface area contributed by atoms with Gasteiger partial charge in [-0.1, -0.05) is 0 Å². The largest absolute Gasteiger partial charge is 0.480 e. The lowest BCUT2D eigenvalue weighted by molar-refractivity contribution is -0.145. The standard InChI is InChI=1S/C22H45N11O6/c1-12(34)16(20(38)39)33-19(37)15(8-5-11-30-22(27)28)32-18(36)14(7-2-3-9-23)31-17(35)13(24)6-4-10-29-21(25)26/h12-16,34H,2-11,23-24H2,1H3,(H,31,35)(H,32,36)(H,33,37)(H,38,39)(H4,25,26,29)(H4,27,28,30). The van der Waals surface area contributed by atoms with E-state index in [0.29, 0.717) is 25.8 Å². The first kappa shape index (κ1) is 35.3. The lowest BCUT2D eigenvalue weighted by atomic mass is 10.0. The minimum absolute atomic E-state index is 0.0360. The molecular formula is C22H45N11O6. The monoisotopic (exact) mass is 559 g/mol. The third kappa shape index (κ3) is 16.0. The molecule has 0 aliphatic rings. The quantitative estimate of drug-likeness (QED) is 0.0381. The van der Waals surface area contributed by atoms with Crippen LogP contribution < -0.4 is 50.4 Å². The molecule has 0 aromatic heterocycles. The number of unbranched alkanes of at least 4 members (excludes halogenated alkanes) is 1. The molecule has 0 aliphatic heterocycles. The molecule has 224 valence electrons. The summed E-state index contributed by atoms with van der Waals surface area (Å²) in [5, 5.41) is 26.4. The number of carboxylic acid groups (broad SMARTS) is 1. The van der Waals surface area contributed by atoms with Crippen LogP contribution in [-0.2, 0) is 19.2 Å². The summed E-state index contributed by atoms with van der Waals surface area (Å²) in [7, 11) is 0. The molecule has 17 nitrogen and oxygen atoms in total. The van der Waals surface area contributed by atoms with Crippen LogP contribution in [0.2, 0.25) is 0 Å². The SMILES string of the molecule is CC(O)C(NC(=O)C(CCCN=C(N)N)NC(=O)C(CCCCN)NC(=O)C(N)CCCN=C(N)N)C(=O)O. The van der Waals surface area contributed by atoms with E-state index >= 15 is 0 Å². The summed E-state index contributed by atoms with van der Waals surface area (Å²) in [6, 6.07) is -4.81. The summed E-state index contributed by atoms with van der Waals surface area (Å²) >= 11 is 0. The molecule has 5 atom stereocenters. The van der Waals surface area contributed by atoms with Gasteiger partial charge in [-0.3, -0.25) is 24.4 Å². The van der Waals surface area contributed by atoms with Crippen molar-refractivity contribution in [2.45, 2.75) is 82.1 Å². The van der Waals surface area contributed by atoms with E-state index in [1.807, 2.05) is 0 Å². The molecule has 5 unspecified atom stereocenters. The molecule has 3 amide bonds. The normalized spacial score (nSPS) is 14.6. The Labute approximate surface area is 227 Å². The maximum absolute atomic E-state index is 13.2. The van der Waals surface area contributed by atoms with Crippen molar-refractivity contribution in [3.05, 3.63) is 0 Å². The second-order valence-electron chi connectivity index (χ2n) is 8.98. The lowest BCUT2D eigenvalue weighted by Crippen LogP contribution is -2.58. The smallest absolute Gasteiger partial charge is 0.328 e. The third-order valence-corrected chi connectivity index (χ3v) is 5.51. The number of amides is 3. The number of hydrogen-bond donors (Lipinski definition) is 11. The first-order chi connectivity index (χ1) is 18.3. The Morgan fingerprint density at radius 1 is 0.744 bits per heavy atom. The minimum atomic E-state index is -1.60. The number of carboxylic acids is 1. The molecule has 0 bridgehead atoms. The molecule has 0 aliphatic carbocycles. The van der Waals surface area contributed by atoms with Crippen molar-refractivity contribution < 1.29 is 29.4 Å². The fraction of sp³-hybridized carbons (Fsp3) is 0.727. The van der Waals surface area contributed by atoms with E-state index in [2.05, 4.69) is 25.9 Å². The van der Waals surface area contributed by atoms with Gasteiger partial charge in [0.1, 0.15) is 12.1 Å². The molecule has 0 rings (SSSR count). The van der Waals surface area contributed by atoms with Gasteiger partial charge in [-0.05, 0) is 58.4 Å². The maximum Gasteiger partial charge on any atom is 0.328 e. The maximum atomic E-state index is 13.2. The van der Waals surface area contributed by atoms with Crippen molar-refractivity contribution in [3.8, 4) is 0 Å². The Bertz CT molecular complexity index is 844. The van der Waals surface area contributed by atoms with Crippen molar-refractivity contribution in [3.63, 3.8) is 0 Å². The summed E-state index contributed by atoms with van der Waals surface area (Å²) in [5.41, 5.74) is 32.7. The van der Waals surface area contributed by atoms with Gasteiger partial charge >= 0.3 is 5.97 Å². The summed E-state index contributed by atoms with van der Waals surface area (Å²) in [6.07, 6.45) is 0.876. The summed E-state index contributed by atoms with van der Waals surface area (Å²) in [6.45, 7) is 2.00. The van der Waals surface area contributed by atoms with Crippen molar-refractivity contribution in [2.24, 2.45) is 44.4 Å². The fourth-order valence-corrected chi connectivity index (χ4v) is 3.38. The van der Waals surface area contributed by atoms with Gasteiger partial charge in [0.25, 0.3) is 0 Å². The molecule has 17 heteroatoms. The van der Waals surface area contributed by atoms with E-state index in [4.69, 9.17) is 34.4 Å². The van der Waals surface area contributed by atoms with Gasteiger partial charge in [-0.25, -0.2) is 4.79 Å². The molecule has 0 spiro atoms. The molecular weight excluding hydrogens is 514 g/mol. The molecule has 0 aromatic carbocycles. The number of aliphatic hydroxyl groups excluding tert-OH is 1. The zero-order valence-corrected chi connectivity index (χ0v) is 22.3. The zero-order chi connectivity index (χ0) is 30.0. The highest BCUT2D eigenvalue weighted by Gasteiger charge is 2.31. The van der Waals surface area contributed by atoms with Crippen molar-refractivity contribution in [1.82, 2.24) is 16.0 Å². The number of guanidine groups is 2. The molecule has 0 aromatic rings. The van der Waals surface area contributed by atoms with E-state index < -0.39 is 54.0 Å². The number of aliphatic carboxylic acids is 1. The minimum Gasteiger partial charge on any atom is -0.480 e. The number of carbonyl (C=O) groups is 4. The summed E-state index contributed by atoms with van der Waals surface area (Å²) in [4.78, 5) is 57.8. The first-order valence-electron chi connectivity index (χ1n) is 12.7. The molecule has 39 heavy (non-hydrogen) atoms. The highest BCUT2D eigenvalue weighted by Crippen LogP contribution is 2.07. The van der Waals surface area contributed by atoms with Crippen molar-refractivity contribution in [2.75, 3.05) is 19.6 Å². The van der Waals surface area contributed by atoms with Gasteiger partial charge in [-0.2, -0.15) is 0 Å². The molecule has 0 saturated heterocycles. The molecule has 0 saturated carbocycles. The highest BCUT2D eigenvalue weighted by molar-refractivity contribution is 5.94. The average molecular weight is 560 g/mol. The van der Waals surface area contributed by atoms with Gasteiger partial charge < -0.3 is 60.6 Å². The second kappa shape index (κ2) is 19.4. The van der Waals surface area contributed by atoms with E-state index in [1.165, 1.54) is 6.92 Å². The van der Waals surface area contributed by atoms with E-state index in [0.717, 1.165) is 0 Å². The number of hydrogen-bond acceptors (Lipinski definition) is 9. The molecule has 0 radical (unpaired) electrons. The van der Waals surface area contributed by atoms with E-state index in [9.17, 15) is 29.4 Å². The predicted octanol–water partition coefficient (Wildman–Crippen LogP) is -4.53. The lowest BCUT2D eigenvalue weighted by Gasteiger charge is -2.26. The van der Waals surface area contributed by atoms with Crippen LogP contribution in [-0.4, -0.2) is 95.7 Å². The summed E-state index contributed by atoms with van der Waals surface area (Å²) < 4.78 is 0. The number of aliphatic hydroxyl groups is 1. The van der Waals surface area contributed by atoms with Crippen LogP contribution in [0.4, 0.5) is 0 Å². The fourth-order valence-electron chi connectivity index (χ4n) is 3.38. The predicted molar refractivity (Wildman–Crippen MR) is 146 cm³/mol. The van der Waals surface area contributed by atoms with E-state index in [1.54, 1.807) is 0 Å². The molecule has 0 fully saturated rings. The van der Waals surface area contributed by atoms with Crippen molar-refractivity contribution >= 4 is 35.6 Å². The van der Waals surface area contributed by atoms with Gasteiger partial charge in [-0.15, -0.1) is 0 Å². The Balaban J connectivity index is 5.57. The molecule has 0 heterocycles. The highest BCUT2D eigenvalue weighted by atomic mass is 16.4. The average Bonchev–Trinajstić information content (AvgIpc) is 2.85. The van der Waals surface area contributed by atoms with Crippen LogP contribution in [0, 0.1) is 0 Å². The van der Waals surface area contributed by atoms with Crippen LogP contribution in [0.15, 0.2) is 9.98 Å².